The molecule has 0 saturated carbocycles. The van der Waals surface area contributed by atoms with Crippen molar-refractivity contribution in [3.05, 3.63) is 40.9 Å². The van der Waals surface area contributed by atoms with Gasteiger partial charge < -0.3 is 4.74 Å². The SMILES string of the molecule is CCOc1ccc([C@@H]2S[C@H](C)C(=O)N2c2ncc(C)s2)cc1. The Morgan fingerprint density at radius 1 is 1.32 bits per heavy atom. The maximum atomic E-state index is 12.5. The number of anilines is 1. The van der Waals surface area contributed by atoms with Crippen molar-refractivity contribution in [3.63, 3.8) is 0 Å². The Kier molecular flexibility index (Phi) is 4.40. The summed E-state index contributed by atoms with van der Waals surface area (Å²) in [7, 11) is 0. The van der Waals surface area contributed by atoms with Crippen LogP contribution >= 0.6 is 23.1 Å². The van der Waals surface area contributed by atoms with Crippen LogP contribution in [-0.2, 0) is 4.79 Å². The third-order valence-electron chi connectivity index (χ3n) is 3.44. The molecule has 0 unspecified atom stereocenters. The van der Waals surface area contributed by atoms with Crippen molar-refractivity contribution in [2.75, 3.05) is 11.5 Å². The number of rotatable bonds is 4. The highest BCUT2D eigenvalue weighted by atomic mass is 32.2. The lowest BCUT2D eigenvalue weighted by atomic mass is 10.2. The summed E-state index contributed by atoms with van der Waals surface area (Å²) in [5.74, 6) is 0.975. The smallest absolute Gasteiger partial charge is 0.242 e. The van der Waals surface area contributed by atoms with Gasteiger partial charge in [0.1, 0.15) is 11.1 Å². The van der Waals surface area contributed by atoms with E-state index in [1.54, 1.807) is 23.1 Å². The van der Waals surface area contributed by atoms with E-state index in [0.29, 0.717) is 6.61 Å². The molecule has 1 saturated heterocycles. The summed E-state index contributed by atoms with van der Waals surface area (Å²) in [6.07, 6.45) is 1.82. The van der Waals surface area contributed by atoms with Crippen molar-refractivity contribution < 1.29 is 9.53 Å². The zero-order valence-corrected chi connectivity index (χ0v) is 14.4. The summed E-state index contributed by atoms with van der Waals surface area (Å²) in [5.41, 5.74) is 1.10. The Labute approximate surface area is 138 Å². The molecule has 2 heterocycles. The number of nitrogens with zero attached hydrogens (tertiary/aromatic N) is 2. The highest BCUT2D eigenvalue weighted by molar-refractivity contribution is 8.01. The first-order valence-corrected chi connectivity index (χ1v) is 8.99. The minimum absolute atomic E-state index is 0.0243. The minimum atomic E-state index is -0.0548. The van der Waals surface area contributed by atoms with Gasteiger partial charge in [0, 0.05) is 11.1 Å². The normalized spacial score (nSPS) is 21.4. The zero-order chi connectivity index (χ0) is 15.7. The van der Waals surface area contributed by atoms with Gasteiger partial charge in [-0.2, -0.15) is 0 Å². The van der Waals surface area contributed by atoms with Gasteiger partial charge in [-0.3, -0.25) is 9.69 Å². The van der Waals surface area contributed by atoms with E-state index in [1.807, 2.05) is 56.1 Å². The molecule has 116 valence electrons. The van der Waals surface area contributed by atoms with Crippen molar-refractivity contribution in [1.82, 2.24) is 4.98 Å². The average molecular weight is 334 g/mol. The second-order valence-electron chi connectivity index (χ2n) is 5.09. The third-order valence-corrected chi connectivity index (χ3v) is 5.71. The number of aromatic nitrogens is 1. The topological polar surface area (TPSA) is 42.4 Å². The second-order valence-corrected chi connectivity index (χ2v) is 7.73. The molecule has 1 aliphatic rings. The summed E-state index contributed by atoms with van der Waals surface area (Å²) < 4.78 is 5.48. The zero-order valence-electron chi connectivity index (χ0n) is 12.8. The number of amides is 1. The standard InChI is InChI=1S/C16H18N2O2S2/c1-4-20-13-7-5-12(6-8-13)15-18(14(19)11(3)22-15)16-17-9-10(2)21-16/h5-9,11,15H,4H2,1-3H3/t11-,15+/m1/s1. The maximum absolute atomic E-state index is 12.5. The molecule has 0 spiro atoms. The number of thiazole rings is 1. The van der Waals surface area contributed by atoms with Crippen LogP contribution in [0.1, 0.15) is 29.7 Å². The highest BCUT2D eigenvalue weighted by Gasteiger charge is 2.40. The lowest BCUT2D eigenvalue weighted by Gasteiger charge is -2.21. The average Bonchev–Trinajstić information content (AvgIpc) is 3.05. The molecule has 2 atom stereocenters. The lowest BCUT2D eigenvalue weighted by molar-refractivity contribution is -0.117. The molecule has 1 aromatic carbocycles. The van der Waals surface area contributed by atoms with Crippen LogP contribution in [0.15, 0.2) is 30.5 Å². The van der Waals surface area contributed by atoms with E-state index < -0.39 is 0 Å². The van der Waals surface area contributed by atoms with Crippen LogP contribution in [0.2, 0.25) is 0 Å². The van der Waals surface area contributed by atoms with Crippen LogP contribution < -0.4 is 9.64 Å². The Balaban J connectivity index is 1.91. The van der Waals surface area contributed by atoms with Gasteiger partial charge in [0.2, 0.25) is 5.91 Å². The molecule has 0 bridgehead atoms. The van der Waals surface area contributed by atoms with Crippen molar-refractivity contribution in [3.8, 4) is 5.75 Å². The largest absolute Gasteiger partial charge is 0.494 e. The molecule has 0 radical (unpaired) electrons. The summed E-state index contributed by atoms with van der Waals surface area (Å²) in [6.45, 7) is 6.57. The minimum Gasteiger partial charge on any atom is -0.494 e. The molecule has 3 rings (SSSR count). The van der Waals surface area contributed by atoms with E-state index in [-0.39, 0.29) is 16.5 Å². The number of hydrogen-bond acceptors (Lipinski definition) is 5. The monoisotopic (exact) mass is 334 g/mol. The summed E-state index contributed by atoms with van der Waals surface area (Å²) in [4.78, 5) is 19.8. The predicted molar refractivity (Wildman–Crippen MR) is 91.7 cm³/mol. The molecule has 4 nitrogen and oxygen atoms in total. The van der Waals surface area contributed by atoms with Gasteiger partial charge in [-0.25, -0.2) is 4.98 Å². The summed E-state index contributed by atoms with van der Waals surface area (Å²) in [6, 6.07) is 7.97. The lowest BCUT2D eigenvalue weighted by Crippen LogP contribution is -2.29. The molecule has 0 aliphatic carbocycles. The quantitative estimate of drug-likeness (QED) is 0.847. The van der Waals surface area contributed by atoms with Gasteiger partial charge in [0.05, 0.1) is 11.9 Å². The highest BCUT2D eigenvalue weighted by Crippen LogP contribution is 2.46. The van der Waals surface area contributed by atoms with Gasteiger partial charge in [-0.05, 0) is 38.5 Å². The summed E-state index contributed by atoms with van der Waals surface area (Å²) >= 11 is 3.22. The molecular weight excluding hydrogens is 316 g/mol. The Morgan fingerprint density at radius 2 is 2.05 bits per heavy atom. The van der Waals surface area contributed by atoms with Crippen LogP contribution in [0.3, 0.4) is 0 Å². The molecule has 6 heteroatoms. The predicted octanol–water partition coefficient (Wildman–Crippen LogP) is 4.02. The van der Waals surface area contributed by atoms with Gasteiger partial charge in [-0.15, -0.1) is 23.1 Å². The Morgan fingerprint density at radius 3 is 2.64 bits per heavy atom. The number of hydrogen-bond donors (Lipinski definition) is 0. The van der Waals surface area contributed by atoms with Gasteiger partial charge >= 0.3 is 0 Å². The van der Waals surface area contributed by atoms with E-state index in [4.69, 9.17) is 4.74 Å². The summed E-state index contributed by atoms with van der Waals surface area (Å²) in [5, 5.41) is 0.697. The van der Waals surface area contributed by atoms with Crippen molar-refractivity contribution >= 4 is 34.1 Å². The molecule has 0 N–H and O–H groups in total. The molecule has 1 fully saturated rings. The van der Waals surface area contributed by atoms with Gasteiger partial charge in [-0.1, -0.05) is 12.1 Å². The first kappa shape index (κ1) is 15.4. The van der Waals surface area contributed by atoms with Crippen LogP contribution in [-0.4, -0.2) is 22.7 Å². The number of carbonyl (C=O) groups is 1. The molecule has 22 heavy (non-hydrogen) atoms. The molecule has 1 aromatic heterocycles. The van der Waals surface area contributed by atoms with E-state index in [2.05, 4.69) is 4.98 Å². The van der Waals surface area contributed by atoms with Gasteiger partial charge in [0.25, 0.3) is 0 Å². The maximum Gasteiger partial charge on any atom is 0.242 e. The number of ether oxygens (including phenoxy) is 1. The van der Waals surface area contributed by atoms with E-state index in [0.717, 1.165) is 21.3 Å². The third kappa shape index (κ3) is 2.85. The van der Waals surface area contributed by atoms with Crippen molar-refractivity contribution in [2.45, 2.75) is 31.4 Å². The number of thioether (sulfide) groups is 1. The van der Waals surface area contributed by atoms with Crippen LogP contribution in [0.4, 0.5) is 5.13 Å². The fourth-order valence-electron chi connectivity index (χ4n) is 2.40. The van der Waals surface area contributed by atoms with Crippen LogP contribution in [0.25, 0.3) is 0 Å². The number of aryl methyl sites for hydroxylation is 1. The number of carbonyl (C=O) groups excluding carboxylic acids is 1. The molecule has 1 aliphatic heterocycles. The van der Waals surface area contributed by atoms with Crippen molar-refractivity contribution in [1.29, 1.82) is 0 Å². The van der Waals surface area contributed by atoms with Gasteiger partial charge in [0.15, 0.2) is 5.13 Å². The number of benzene rings is 1. The van der Waals surface area contributed by atoms with E-state index >= 15 is 0 Å². The first-order chi connectivity index (χ1) is 10.6. The fourth-order valence-corrected chi connectivity index (χ4v) is 4.51. The second kappa shape index (κ2) is 6.30. The van der Waals surface area contributed by atoms with E-state index in [1.165, 1.54) is 0 Å². The fraction of sp³-hybridized carbons (Fsp3) is 0.375. The Hall–Kier alpha value is -1.53. The first-order valence-electron chi connectivity index (χ1n) is 7.24. The van der Waals surface area contributed by atoms with E-state index in [9.17, 15) is 4.79 Å². The van der Waals surface area contributed by atoms with Crippen LogP contribution in [0, 0.1) is 6.92 Å². The molecular formula is C16H18N2O2S2. The Bertz CT molecular complexity index is 669. The van der Waals surface area contributed by atoms with Crippen LogP contribution in [0.5, 0.6) is 5.75 Å². The molecule has 2 aromatic rings. The molecule has 1 amide bonds. The van der Waals surface area contributed by atoms with Crippen molar-refractivity contribution in [2.24, 2.45) is 0 Å².